The van der Waals surface area contributed by atoms with Gasteiger partial charge in [0, 0.05) is 12.6 Å². The van der Waals surface area contributed by atoms with Gasteiger partial charge in [-0.15, -0.1) is 0 Å². The number of aliphatic hydroxyl groups is 1. The summed E-state index contributed by atoms with van der Waals surface area (Å²) >= 11 is 0. The molecular weight excluding hydrogens is 178 g/mol. The van der Waals surface area contributed by atoms with Crippen LogP contribution in [0.3, 0.4) is 0 Å². The molecule has 0 aliphatic carbocycles. The summed E-state index contributed by atoms with van der Waals surface area (Å²) in [6.45, 7) is 7.43. The molecule has 1 fully saturated rings. The number of ether oxygens (including phenoxy) is 1. The zero-order valence-corrected chi connectivity index (χ0v) is 9.49. The van der Waals surface area contributed by atoms with Gasteiger partial charge in [-0.05, 0) is 25.7 Å². The lowest BCUT2D eigenvalue weighted by atomic mass is 10.1. The summed E-state index contributed by atoms with van der Waals surface area (Å²) in [6, 6.07) is 0.203. The first-order valence-corrected chi connectivity index (χ1v) is 5.63. The van der Waals surface area contributed by atoms with Crippen LogP contribution in [0.25, 0.3) is 0 Å². The van der Waals surface area contributed by atoms with Gasteiger partial charge in [-0.1, -0.05) is 13.8 Å². The van der Waals surface area contributed by atoms with Crippen LogP contribution >= 0.6 is 0 Å². The maximum atomic E-state index is 9.12. The van der Waals surface area contributed by atoms with Gasteiger partial charge in [0.05, 0.1) is 18.8 Å². The smallest absolute Gasteiger partial charge is 0.0704 e. The van der Waals surface area contributed by atoms with Crippen LogP contribution in [0.2, 0.25) is 0 Å². The van der Waals surface area contributed by atoms with Gasteiger partial charge >= 0.3 is 0 Å². The van der Waals surface area contributed by atoms with Crippen molar-refractivity contribution in [2.45, 2.75) is 51.9 Å². The van der Waals surface area contributed by atoms with Crippen molar-refractivity contribution < 1.29 is 9.84 Å². The average Bonchev–Trinajstić information content (AvgIpc) is 2.52. The molecule has 1 aliphatic rings. The van der Waals surface area contributed by atoms with Gasteiger partial charge in [0.1, 0.15) is 0 Å². The molecule has 0 aromatic rings. The fourth-order valence-electron chi connectivity index (χ4n) is 1.83. The molecule has 0 spiro atoms. The second-order valence-electron chi connectivity index (χ2n) is 4.59. The molecule has 1 rings (SSSR count). The van der Waals surface area contributed by atoms with E-state index in [2.05, 4.69) is 26.1 Å². The van der Waals surface area contributed by atoms with E-state index in [0.29, 0.717) is 18.1 Å². The summed E-state index contributed by atoms with van der Waals surface area (Å²) in [7, 11) is 0. The largest absolute Gasteiger partial charge is 0.395 e. The molecule has 1 aliphatic heterocycles. The van der Waals surface area contributed by atoms with Crippen molar-refractivity contribution in [3.05, 3.63) is 0 Å². The summed E-state index contributed by atoms with van der Waals surface area (Å²) in [6.07, 6.45) is 3.06. The third kappa shape index (κ3) is 3.56. The van der Waals surface area contributed by atoms with E-state index >= 15 is 0 Å². The van der Waals surface area contributed by atoms with Gasteiger partial charge in [-0.2, -0.15) is 0 Å². The van der Waals surface area contributed by atoms with E-state index in [4.69, 9.17) is 9.84 Å². The molecule has 0 aromatic heterocycles. The van der Waals surface area contributed by atoms with Crippen molar-refractivity contribution in [2.75, 3.05) is 13.2 Å². The highest BCUT2D eigenvalue weighted by atomic mass is 16.5. The Labute approximate surface area is 86.8 Å². The van der Waals surface area contributed by atoms with Crippen molar-refractivity contribution in [3.63, 3.8) is 0 Å². The predicted molar refractivity (Wildman–Crippen MR) is 57.3 cm³/mol. The minimum Gasteiger partial charge on any atom is -0.395 e. The van der Waals surface area contributed by atoms with Crippen LogP contribution in [0.15, 0.2) is 0 Å². The van der Waals surface area contributed by atoms with E-state index in [-0.39, 0.29) is 12.6 Å². The zero-order valence-electron chi connectivity index (χ0n) is 9.49. The third-order valence-corrected chi connectivity index (χ3v) is 2.93. The van der Waals surface area contributed by atoms with E-state index in [0.717, 1.165) is 19.4 Å². The molecule has 0 amide bonds. The molecule has 1 heterocycles. The molecule has 2 N–H and O–H groups in total. The molecule has 0 saturated carbocycles. The molecule has 0 bridgehead atoms. The lowest BCUT2D eigenvalue weighted by Gasteiger charge is -2.22. The van der Waals surface area contributed by atoms with Gasteiger partial charge in [0.15, 0.2) is 0 Å². The van der Waals surface area contributed by atoms with Gasteiger partial charge in [0.25, 0.3) is 0 Å². The highest BCUT2D eigenvalue weighted by Crippen LogP contribution is 2.18. The van der Waals surface area contributed by atoms with Crippen LogP contribution in [0.5, 0.6) is 0 Å². The van der Waals surface area contributed by atoms with Crippen molar-refractivity contribution in [1.82, 2.24) is 5.32 Å². The molecule has 0 aromatic carbocycles. The third-order valence-electron chi connectivity index (χ3n) is 2.93. The van der Waals surface area contributed by atoms with E-state index in [1.165, 1.54) is 0 Å². The monoisotopic (exact) mass is 201 g/mol. The van der Waals surface area contributed by atoms with E-state index in [1.54, 1.807) is 0 Å². The van der Waals surface area contributed by atoms with Crippen LogP contribution in [-0.4, -0.2) is 36.5 Å². The minimum atomic E-state index is 0.203. The maximum Gasteiger partial charge on any atom is 0.0704 e. The maximum absolute atomic E-state index is 9.12. The number of hydrogen-bond acceptors (Lipinski definition) is 3. The fraction of sp³-hybridized carbons (Fsp3) is 1.00. The van der Waals surface area contributed by atoms with Gasteiger partial charge in [-0.25, -0.2) is 0 Å². The second-order valence-corrected chi connectivity index (χ2v) is 4.59. The first-order chi connectivity index (χ1) is 6.63. The van der Waals surface area contributed by atoms with Crippen LogP contribution in [-0.2, 0) is 4.74 Å². The van der Waals surface area contributed by atoms with Crippen molar-refractivity contribution >= 4 is 0 Å². The van der Waals surface area contributed by atoms with Gasteiger partial charge < -0.3 is 15.2 Å². The number of aliphatic hydroxyl groups excluding tert-OH is 1. The van der Waals surface area contributed by atoms with Crippen molar-refractivity contribution in [3.8, 4) is 0 Å². The van der Waals surface area contributed by atoms with Crippen LogP contribution in [0.1, 0.15) is 33.6 Å². The van der Waals surface area contributed by atoms with Crippen LogP contribution in [0.4, 0.5) is 0 Å². The Morgan fingerprint density at radius 1 is 1.43 bits per heavy atom. The Morgan fingerprint density at radius 3 is 2.57 bits per heavy atom. The SMILES string of the molecule is CC1CCC(CNC(CO)C(C)C)O1. The molecule has 14 heavy (non-hydrogen) atoms. The summed E-state index contributed by atoms with van der Waals surface area (Å²) < 4.78 is 5.69. The number of hydrogen-bond donors (Lipinski definition) is 2. The average molecular weight is 201 g/mol. The molecule has 1 saturated heterocycles. The first kappa shape index (κ1) is 12.0. The topological polar surface area (TPSA) is 41.5 Å². The Kier molecular flexibility index (Phi) is 4.85. The van der Waals surface area contributed by atoms with E-state index in [1.807, 2.05) is 0 Å². The Bertz CT molecular complexity index is 161. The standard InChI is InChI=1S/C11H23NO2/c1-8(2)11(7-13)12-6-10-5-4-9(3)14-10/h8-13H,4-7H2,1-3H3. The second kappa shape index (κ2) is 5.69. The Hall–Kier alpha value is -0.120. The highest BCUT2D eigenvalue weighted by Gasteiger charge is 2.22. The molecule has 3 nitrogen and oxygen atoms in total. The normalized spacial score (nSPS) is 29.8. The number of rotatable bonds is 5. The summed E-state index contributed by atoms with van der Waals surface area (Å²) in [5, 5.41) is 12.5. The molecule has 84 valence electrons. The summed E-state index contributed by atoms with van der Waals surface area (Å²) in [4.78, 5) is 0. The Morgan fingerprint density at radius 2 is 2.14 bits per heavy atom. The van der Waals surface area contributed by atoms with Crippen LogP contribution in [0, 0.1) is 5.92 Å². The lowest BCUT2D eigenvalue weighted by molar-refractivity contribution is 0.0511. The van der Waals surface area contributed by atoms with E-state index < -0.39 is 0 Å². The molecule has 0 radical (unpaired) electrons. The zero-order chi connectivity index (χ0) is 10.6. The minimum absolute atomic E-state index is 0.203. The van der Waals surface area contributed by atoms with E-state index in [9.17, 15) is 0 Å². The number of nitrogens with one attached hydrogen (secondary N) is 1. The van der Waals surface area contributed by atoms with Crippen molar-refractivity contribution in [1.29, 1.82) is 0 Å². The quantitative estimate of drug-likeness (QED) is 0.701. The summed E-state index contributed by atoms with van der Waals surface area (Å²) in [5.74, 6) is 0.471. The molecular formula is C11H23NO2. The molecule has 3 atom stereocenters. The predicted octanol–water partition coefficient (Wildman–Crippen LogP) is 1.16. The first-order valence-electron chi connectivity index (χ1n) is 5.63. The van der Waals surface area contributed by atoms with Gasteiger partial charge in [-0.3, -0.25) is 0 Å². The summed E-state index contributed by atoms with van der Waals surface area (Å²) in [5.41, 5.74) is 0. The fourth-order valence-corrected chi connectivity index (χ4v) is 1.83. The van der Waals surface area contributed by atoms with Crippen molar-refractivity contribution in [2.24, 2.45) is 5.92 Å². The van der Waals surface area contributed by atoms with Crippen LogP contribution < -0.4 is 5.32 Å². The highest BCUT2D eigenvalue weighted by molar-refractivity contribution is 4.76. The molecule has 3 heteroatoms. The molecule has 3 unspecified atom stereocenters. The Balaban J connectivity index is 2.18. The van der Waals surface area contributed by atoms with Gasteiger partial charge in [0.2, 0.25) is 0 Å². The lowest BCUT2D eigenvalue weighted by Crippen LogP contribution is -2.41.